The smallest absolute Gasteiger partial charge is 0.460 e. The first-order valence-corrected chi connectivity index (χ1v) is 12.8. The molecule has 10 heteroatoms. The molecule has 0 bridgehead atoms. The summed E-state index contributed by atoms with van der Waals surface area (Å²) in [5.74, 6) is -3.39. The summed E-state index contributed by atoms with van der Waals surface area (Å²) in [6, 6.07) is 21.8. The maximum absolute atomic E-state index is 14.6. The Balaban J connectivity index is 1.41. The van der Waals surface area contributed by atoms with Gasteiger partial charge in [-0.05, 0) is 47.0 Å². The van der Waals surface area contributed by atoms with Crippen LogP contribution in [0, 0.1) is 17.6 Å². The number of rotatable bonds is 7. The van der Waals surface area contributed by atoms with E-state index in [4.69, 9.17) is 16.3 Å². The summed E-state index contributed by atoms with van der Waals surface area (Å²) < 4.78 is 76.1. The van der Waals surface area contributed by atoms with Crippen molar-refractivity contribution in [2.75, 3.05) is 0 Å². The molecule has 0 N–H and O–H groups in total. The maximum Gasteiger partial charge on any atom is 0.573 e. The van der Waals surface area contributed by atoms with E-state index >= 15 is 0 Å². The second kappa shape index (κ2) is 11.7. The van der Waals surface area contributed by atoms with Crippen LogP contribution in [0.4, 0.5) is 22.0 Å². The molecule has 4 aromatic rings. The van der Waals surface area contributed by atoms with Gasteiger partial charge in [0.25, 0.3) is 0 Å². The van der Waals surface area contributed by atoms with Crippen molar-refractivity contribution >= 4 is 23.3 Å². The van der Waals surface area contributed by atoms with Crippen LogP contribution >= 0.6 is 11.6 Å². The van der Waals surface area contributed by atoms with Gasteiger partial charge in [0, 0.05) is 22.7 Å². The van der Waals surface area contributed by atoms with E-state index in [-0.39, 0.29) is 30.1 Å². The van der Waals surface area contributed by atoms with Crippen LogP contribution in [0.3, 0.4) is 0 Å². The first-order valence-electron chi connectivity index (χ1n) is 12.5. The molecule has 1 aliphatic rings. The number of nitrogens with zero attached hydrogens (tertiary/aromatic N) is 1. The number of aliphatic imine (C=N–C) groups is 1. The Morgan fingerprint density at radius 2 is 1.46 bits per heavy atom. The molecule has 0 saturated carbocycles. The van der Waals surface area contributed by atoms with E-state index in [0.29, 0.717) is 27.3 Å². The fourth-order valence-corrected chi connectivity index (χ4v) is 4.87. The summed E-state index contributed by atoms with van der Waals surface area (Å²) in [5, 5.41) is 0.433. The lowest BCUT2D eigenvalue weighted by molar-refractivity contribution is -0.274. The minimum atomic E-state index is -4.79. The third-order valence-corrected chi connectivity index (χ3v) is 7.01. The summed E-state index contributed by atoms with van der Waals surface area (Å²) in [5.41, 5.74) is 2.33. The molecule has 41 heavy (non-hydrogen) atoms. The summed E-state index contributed by atoms with van der Waals surface area (Å²) in [4.78, 5) is 17.8. The third kappa shape index (κ3) is 6.57. The van der Waals surface area contributed by atoms with Crippen LogP contribution in [0.5, 0.6) is 5.75 Å². The lowest BCUT2D eigenvalue weighted by Gasteiger charge is -2.18. The number of carbonyl (C=O) groups excluding carboxylic acids is 1. The highest BCUT2D eigenvalue weighted by atomic mass is 35.5. The number of hydrogen-bond donors (Lipinski definition) is 0. The quantitative estimate of drug-likeness (QED) is 0.161. The lowest BCUT2D eigenvalue weighted by Crippen LogP contribution is -2.22. The van der Waals surface area contributed by atoms with Gasteiger partial charge in [-0.25, -0.2) is 8.78 Å². The van der Waals surface area contributed by atoms with Gasteiger partial charge in [-0.1, -0.05) is 72.3 Å². The predicted molar refractivity (Wildman–Crippen MR) is 144 cm³/mol. The van der Waals surface area contributed by atoms with Gasteiger partial charge in [-0.3, -0.25) is 9.79 Å². The van der Waals surface area contributed by atoms with Crippen molar-refractivity contribution in [3.05, 3.63) is 124 Å². The average Bonchev–Trinajstić information content (AvgIpc) is 3.37. The molecular weight excluding hydrogens is 565 g/mol. The zero-order valence-corrected chi connectivity index (χ0v) is 21.9. The molecule has 5 rings (SSSR count). The highest BCUT2D eigenvalue weighted by molar-refractivity contribution is 6.31. The number of esters is 1. The molecule has 2 atom stereocenters. The van der Waals surface area contributed by atoms with Crippen molar-refractivity contribution < 1.29 is 36.2 Å². The van der Waals surface area contributed by atoms with Crippen LogP contribution in [0.2, 0.25) is 5.02 Å². The lowest BCUT2D eigenvalue weighted by atomic mass is 9.90. The van der Waals surface area contributed by atoms with Gasteiger partial charge in [0.15, 0.2) is 0 Å². The molecule has 0 saturated heterocycles. The van der Waals surface area contributed by atoms with Gasteiger partial charge in [0.1, 0.15) is 24.0 Å². The van der Waals surface area contributed by atoms with E-state index in [9.17, 15) is 26.7 Å². The van der Waals surface area contributed by atoms with Gasteiger partial charge in [0.2, 0.25) is 0 Å². The Bertz CT molecular complexity index is 1570. The van der Waals surface area contributed by atoms with Gasteiger partial charge in [0.05, 0.1) is 17.5 Å². The fraction of sp³-hybridized carbons (Fsp3) is 0.161. The van der Waals surface area contributed by atoms with Crippen molar-refractivity contribution in [1.29, 1.82) is 0 Å². The monoisotopic (exact) mass is 585 g/mol. The molecule has 2 unspecified atom stereocenters. The minimum absolute atomic E-state index is 0.0493. The van der Waals surface area contributed by atoms with Gasteiger partial charge in [-0.15, -0.1) is 13.2 Å². The zero-order valence-electron chi connectivity index (χ0n) is 21.2. The fourth-order valence-electron chi connectivity index (χ4n) is 4.68. The molecular formula is C31H21ClF5NO3. The van der Waals surface area contributed by atoms with Crippen molar-refractivity contribution in [1.82, 2.24) is 0 Å². The third-order valence-electron chi connectivity index (χ3n) is 6.64. The second-order valence-electron chi connectivity index (χ2n) is 9.32. The van der Waals surface area contributed by atoms with Gasteiger partial charge in [-0.2, -0.15) is 0 Å². The number of ether oxygens (including phenoxy) is 2. The molecule has 210 valence electrons. The van der Waals surface area contributed by atoms with Gasteiger partial charge >= 0.3 is 12.3 Å². The predicted octanol–water partition coefficient (Wildman–Crippen LogP) is 8.48. The highest BCUT2D eigenvalue weighted by Gasteiger charge is 2.39. The van der Waals surface area contributed by atoms with Gasteiger partial charge < -0.3 is 9.47 Å². The van der Waals surface area contributed by atoms with E-state index in [1.165, 1.54) is 30.3 Å². The number of benzene rings is 4. The van der Waals surface area contributed by atoms with Crippen molar-refractivity contribution in [2.45, 2.75) is 25.4 Å². The Morgan fingerprint density at radius 1 is 0.854 bits per heavy atom. The summed E-state index contributed by atoms with van der Waals surface area (Å²) in [7, 11) is 0. The first-order chi connectivity index (χ1) is 19.6. The molecule has 1 heterocycles. The minimum Gasteiger partial charge on any atom is -0.460 e. The summed E-state index contributed by atoms with van der Waals surface area (Å²) in [6.45, 7) is -0.0852. The summed E-state index contributed by atoms with van der Waals surface area (Å²) >= 11 is 6.18. The van der Waals surface area contributed by atoms with Crippen LogP contribution in [-0.2, 0) is 16.1 Å². The number of hydrogen-bond acceptors (Lipinski definition) is 4. The standard InChI is InChI=1S/C31H21ClF5NO3/c32-24-5-2-1-4-21(24)17-40-30(39)23-16-27(28-25(33)6-3-7-26(28)34)38-29(23)20-10-8-18(9-11-20)19-12-14-22(15-13-19)41-31(35,36)37/h1-15,23,29H,16-17H2. The van der Waals surface area contributed by atoms with Crippen molar-refractivity contribution in [3.8, 4) is 16.9 Å². The molecule has 0 aromatic heterocycles. The van der Waals surface area contributed by atoms with E-state index < -0.39 is 35.9 Å². The Hall–Kier alpha value is -4.24. The van der Waals surface area contributed by atoms with Crippen molar-refractivity contribution in [2.24, 2.45) is 10.9 Å². The first kappa shape index (κ1) is 28.3. The molecule has 1 aliphatic heterocycles. The van der Waals surface area contributed by atoms with Crippen molar-refractivity contribution in [3.63, 3.8) is 0 Å². The Morgan fingerprint density at radius 3 is 2.07 bits per heavy atom. The second-order valence-corrected chi connectivity index (χ2v) is 9.73. The number of carbonyl (C=O) groups is 1. The normalized spacial score (nSPS) is 16.8. The SMILES string of the molecule is O=C(OCc1ccccc1Cl)C1CC(c2c(F)cccc2F)=NC1c1ccc(-c2ccc(OC(F)(F)F)cc2)cc1. The van der Waals surface area contributed by atoms with E-state index in [1.54, 1.807) is 48.5 Å². The average molecular weight is 586 g/mol. The molecule has 0 amide bonds. The topological polar surface area (TPSA) is 47.9 Å². The van der Waals surface area contributed by atoms with Crippen LogP contribution < -0.4 is 4.74 Å². The number of halogens is 6. The van der Waals surface area contributed by atoms with E-state index in [0.717, 1.165) is 12.1 Å². The molecule has 0 aliphatic carbocycles. The van der Waals surface area contributed by atoms with E-state index in [2.05, 4.69) is 9.73 Å². The molecule has 4 nitrogen and oxygen atoms in total. The van der Waals surface area contributed by atoms with Crippen LogP contribution in [0.1, 0.15) is 29.2 Å². The zero-order chi connectivity index (χ0) is 29.1. The molecule has 0 spiro atoms. The Labute approximate surface area is 237 Å². The molecule has 0 fully saturated rings. The largest absolute Gasteiger partial charge is 0.573 e. The Kier molecular flexibility index (Phi) is 8.08. The molecule has 0 radical (unpaired) electrons. The van der Waals surface area contributed by atoms with Crippen LogP contribution in [0.25, 0.3) is 11.1 Å². The number of alkyl halides is 3. The van der Waals surface area contributed by atoms with Crippen LogP contribution in [-0.4, -0.2) is 18.0 Å². The van der Waals surface area contributed by atoms with Crippen LogP contribution in [0.15, 0.2) is 96.0 Å². The molecule has 4 aromatic carbocycles. The summed E-state index contributed by atoms with van der Waals surface area (Å²) in [6.07, 6.45) is -4.84. The maximum atomic E-state index is 14.6. The van der Waals surface area contributed by atoms with E-state index in [1.807, 2.05) is 0 Å². The highest BCUT2D eigenvalue weighted by Crippen LogP contribution is 2.39.